The fraction of sp³-hybridized carbons (Fsp3) is 0.133. The molecular weight excluding hydrogens is 256 g/mol. The minimum absolute atomic E-state index is 0.0614. The Morgan fingerprint density at radius 3 is 2.35 bits per heavy atom. The molecule has 2 aromatic rings. The van der Waals surface area contributed by atoms with Gasteiger partial charge in [0.1, 0.15) is 5.75 Å². The maximum absolute atomic E-state index is 8.60. The Bertz CT molecular complexity index is 594. The lowest BCUT2D eigenvalue weighted by molar-refractivity contribution is 0.318. The van der Waals surface area contributed by atoms with Gasteiger partial charge in [0.2, 0.25) is 0 Å². The quantitative estimate of drug-likeness (QED) is 0.379. The van der Waals surface area contributed by atoms with Gasteiger partial charge in [0.15, 0.2) is 17.3 Å². The van der Waals surface area contributed by atoms with Gasteiger partial charge in [-0.1, -0.05) is 17.3 Å². The summed E-state index contributed by atoms with van der Waals surface area (Å²) in [5.41, 5.74) is 6.12. The predicted molar refractivity (Wildman–Crippen MR) is 76.6 cm³/mol. The lowest BCUT2D eigenvalue weighted by atomic mass is 10.2. The molecule has 0 heterocycles. The van der Waals surface area contributed by atoms with Crippen LogP contribution in [0.4, 0.5) is 0 Å². The Kier molecular flexibility index (Phi) is 4.44. The molecule has 0 unspecified atom stereocenters. The molecule has 0 aromatic heterocycles. The van der Waals surface area contributed by atoms with Crippen molar-refractivity contribution in [1.29, 1.82) is 0 Å². The fourth-order valence-electron chi connectivity index (χ4n) is 1.69. The van der Waals surface area contributed by atoms with Gasteiger partial charge in [-0.2, -0.15) is 0 Å². The van der Waals surface area contributed by atoms with Gasteiger partial charge in [-0.05, 0) is 43.3 Å². The fourth-order valence-corrected chi connectivity index (χ4v) is 1.69. The molecule has 0 bridgehead atoms. The molecule has 3 N–H and O–H groups in total. The van der Waals surface area contributed by atoms with Gasteiger partial charge >= 0.3 is 0 Å². The number of nitrogens with zero attached hydrogens (tertiary/aromatic N) is 1. The first-order chi connectivity index (χ1) is 9.74. The molecule has 0 saturated carbocycles. The van der Waals surface area contributed by atoms with Gasteiger partial charge in [0.05, 0.1) is 6.61 Å². The molecule has 0 fully saturated rings. The van der Waals surface area contributed by atoms with E-state index < -0.39 is 0 Å². The van der Waals surface area contributed by atoms with Crippen molar-refractivity contribution in [3.05, 3.63) is 54.1 Å². The van der Waals surface area contributed by atoms with E-state index in [9.17, 15) is 0 Å². The van der Waals surface area contributed by atoms with Gasteiger partial charge in [0, 0.05) is 5.56 Å². The lowest BCUT2D eigenvalue weighted by Crippen LogP contribution is -2.12. The summed E-state index contributed by atoms with van der Waals surface area (Å²) in [5.74, 6) is 2.04. The maximum atomic E-state index is 8.60. The molecule has 5 nitrogen and oxygen atoms in total. The van der Waals surface area contributed by atoms with E-state index in [1.54, 1.807) is 24.3 Å². The molecule has 104 valence electrons. The van der Waals surface area contributed by atoms with Crippen molar-refractivity contribution < 1.29 is 14.7 Å². The number of nitrogens with two attached hydrogens (primary N) is 1. The summed E-state index contributed by atoms with van der Waals surface area (Å²) in [6, 6.07) is 14.4. The largest absolute Gasteiger partial charge is 0.490 e. The van der Waals surface area contributed by atoms with Crippen LogP contribution < -0.4 is 15.2 Å². The first kappa shape index (κ1) is 13.7. The van der Waals surface area contributed by atoms with Crippen LogP contribution in [-0.4, -0.2) is 17.6 Å². The van der Waals surface area contributed by atoms with Crippen LogP contribution in [-0.2, 0) is 0 Å². The van der Waals surface area contributed by atoms with Crippen molar-refractivity contribution in [2.24, 2.45) is 10.9 Å². The first-order valence-electron chi connectivity index (χ1n) is 6.22. The topological polar surface area (TPSA) is 77.1 Å². The Labute approximate surface area is 117 Å². The predicted octanol–water partition coefficient (Wildman–Crippen LogP) is 2.97. The zero-order valence-corrected chi connectivity index (χ0v) is 11.1. The van der Waals surface area contributed by atoms with Crippen molar-refractivity contribution in [2.75, 3.05) is 6.61 Å². The normalized spacial score (nSPS) is 11.2. The number of rotatable bonds is 5. The van der Waals surface area contributed by atoms with Gasteiger partial charge < -0.3 is 20.4 Å². The third-order valence-electron chi connectivity index (χ3n) is 2.63. The number of hydrogen-bond donors (Lipinski definition) is 2. The van der Waals surface area contributed by atoms with Crippen LogP contribution in [0.1, 0.15) is 12.5 Å². The van der Waals surface area contributed by atoms with Crippen LogP contribution in [0, 0.1) is 0 Å². The van der Waals surface area contributed by atoms with E-state index in [0.29, 0.717) is 29.4 Å². The molecule has 2 aromatic carbocycles. The Hall–Kier alpha value is -2.69. The zero-order valence-electron chi connectivity index (χ0n) is 11.1. The van der Waals surface area contributed by atoms with Crippen LogP contribution in [0.2, 0.25) is 0 Å². The molecule has 0 amide bonds. The molecule has 2 rings (SSSR count). The molecule has 0 aliphatic carbocycles. The van der Waals surface area contributed by atoms with Crippen molar-refractivity contribution in [1.82, 2.24) is 0 Å². The summed E-state index contributed by atoms with van der Waals surface area (Å²) >= 11 is 0. The Balaban J connectivity index is 2.18. The first-order valence-corrected chi connectivity index (χ1v) is 6.22. The summed E-state index contributed by atoms with van der Waals surface area (Å²) in [5, 5.41) is 11.5. The van der Waals surface area contributed by atoms with E-state index in [4.69, 9.17) is 20.4 Å². The van der Waals surface area contributed by atoms with Crippen molar-refractivity contribution in [2.45, 2.75) is 6.92 Å². The lowest BCUT2D eigenvalue weighted by Gasteiger charge is -2.11. The molecular formula is C15H16N2O3. The number of para-hydroxylation sites is 2. The van der Waals surface area contributed by atoms with Gasteiger partial charge in [-0.25, -0.2) is 0 Å². The number of amidine groups is 1. The highest BCUT2D eigenvalue weighted by Gasteiger charge is 2.05. The monoisotopic (exact) mass is 272 g/mol. The highest BCUT2D eigenvalue weighted by Crippen LogP contribution is 2.31. The van der Waals surface area contributed by atoms with Gasteiger partial charge in [-0.15, -0.1) is 0 Å². The summed E-state index contributed by atoms with van der Waals surface area (Å²) < 4.78 is 11.3. The highest BCUT2D eigenvalue weighted by atomic mass is 16.5. The number of oxime groups is 1. The summed E-state index contributed by atoms with van der Waals surface area (Å²) in [6.45, 7) is 2.49. The standard InChI is InChI=1S/C15H16N2O3/c1-2-19-13-5-3-4-6-14(13)20-12-9-7-11(8-10-12)15(16)17-18/h3-10,18H,2H2,1H3,(H2,16,17). The second-order valence-electron chi connectivity index (χ2n) is 3.99. The third-order valence-corrected chi connectivity index (χ3v) is 2.63. The van der Waals surface area contributed by atoms with Crippen molar-refractivity contribution in [3.8, 4) is 17.2 Å². The van der Waals surface area contributed by atoms with E-state index in [1.807, 2.05) is 31.2 Å². The van der Waals surface area contributed by atoms with E-state index in [1.165, 1.54) is 0 Å². The number of benzene rings is 2. The molecule has 0 spiro atoms. The SMILES string of the molecule is CCOc1ccccc1Oc1ccc(/C(N)=N/O)cc1. The van der Waals surface area contributed by atoms with Gasteiger partial charge in [0.25, 0.3) is 0 Å². The van der Waals surface area contributed by atoms with Crippen LogP contribution in [0.15, 0.2) is 53.7 Å². The van der Waals surface area contributed by atoms with Crippen LogP contribution in [0.3, 0.4) is 0 Å². The molecule has 0 saturated heterocycles. The minimum atomic E-state index is 0.0614. The second kappa shape index (κ2) is 6.47. The zero-order chi connectivity index (χ0) is 14.4. The van der Waals surface area contributed by atoms with Crippen LogP contribution >= 0.6 is 0 Å². The van der Waals surface area contributed by atoms with Crippen molar-refractivity contribution in [3.63, 3.8) is 0 Å². The molecule has 0 aliphatic rings. The molecule has 0 radical (unpaired) electrons. The molecule has 0 aliphatic heterocycles. The van der Waals surface area contributed by atoms with Crippen molar-refractivity contribution >= 4 is 5.84 Å². The summed E-state index contributed by atoms with van der Waals surface area (Å²) in [7, 11) is 0. The van der Waals surface area contributed by atoms with E-state index in [0.717, 1.165) is 0 Å². The summed E-state index contributed by atoms with van der Waals surface area (Å²) in [4.78, 5) is 0. The smallest absolute Gasteiger partial charge is 0.170 e. The number of hydrogen-bond acceptors (Lipinski definition) is 4. The van der Waals surface area contributed by atoms with E-state index >= 15 is 0 Å². The Morgan fingerprint density at radius 1 is 1.10 bits per heavy atom. The van der Waals surface area contributed by atoms with E-state index in [-0.39, 0.29) is 5.84 Å². The van der Waals surface area contributed by atoms with Crippen LogP contribution in [0.25, 0.3) is 0 Å². The summed E-state index contributed by atoms with van der Waals surface area (Å²) in [6.07, 6.45) is 0. The average Bonchev–Trinajstić information content (AvgIpc) is 2.49. The van der Waals surface area contributed by atoms with E-state index in [2.05, 4.69) is 5.16 Å². The average molecular weight is 272 g/mol. The highest BCUT2D eigenvalue weighted by molar-refractivity contribution is 5.97. The molecule has 0 atom stereocenters. The Morgan fingerprint density at radius 2 is 1.75 bits per heavy atom. The molecule has 20 heavy (non-hydrogen) atoms. The third kappa shape index (κ3) is 3.20. The van der Waals surface area contributed by atoms with Crippen LogP contribution in [0.5, 0.6) is 17.2 Å². The second-order valence-corrected chi connectivity index (χ2v) is 3.99. The maximum Gasteiger partial charge on any atom is 0.170 e. The minimum Gasteiger partial charge on any atom is -0.490 e. The molecule has 5 heteroatoms. The van der Waals surface area contributed by atoms with Gasteiger partial charge in [-0.3, -0.25) is 0 Å². The number of ether oxygens (including phenoxy) is 2.